The number of aromatic nitrogens is 3. The van der Waals surface area contributed by atoms with Crippen LogP contribution in [0.5, 0.6) is 0 Å². The molecule has 0 saturated heterocycles. The van der Waals surface area contributed by atoms with Crippen LogP contribution in [0.4, 0.5) is 5.82 Å². The fraction of sp³-hybridized carbons (Fsp3) is 0.571. The first kappa shape index (κ1) is 6.52. The van der Waals surface area contributed by atoms with Gasteiger partial charge in [0.25, 0.3) is 0 Å². The summed E-state index contributed by atoms with van der Waals surface area (Å²) in [4.78, 5) is 5.74. The largest absolute Gasteiger partial charge is 0.238 e. The molecule has 0 fully saturated rings. The van der Waals surface area contributed by atoms with E-state index in [1.807, 2.05) is 13.3 Å². The minimum atomic E-state index is 0.499. The number of aliphatic imine (C=N–C) groups is 1. The fourth-order valence-electron chi connectivity index (χ4n) is 1.22. The molecule has 11 heavy (non-hydrogen) atoms. The Bertz CT molecular complexity index is 299. The van der Waals surface area contributed by atoms with Crippen molar-refractivity contribution in [2.45, 2.75) is 13.3 Å². The quantitative estimate of drug-likeness (QED) is 0.546. The van der Waals surface area contributed by atoms with Crippen molar-refractivity contribution >= 4 is 12.0 Å². The molecule has 0 aliphatic carbocycles. The lowest BCUT2D eigenvalue weighted by molar-refractivity contribution is 0.638. The zero-order valence-corrected chi connectivity index (χ0v) is 6.65. The monoisotopic (exact) mass is 150 g/mol. The van der Waals surface area contributed by atoms with Crippen LogP contribution in [0.1, 0.15) is 12.6 Å². The molecule has 2 heterocycles. The Morgan fingerprint density at radius 1 is 1.55 bits per heavy atom. The van der Waals surface area contributed by atoms with Gasteiger partial charge in [-0.1, -0.05) is 6.92 Å². The molecule has 4 heteroatoms. The molecular weight excluding hydrogens is 140 g/mol. The molecule has 1 aliphatic heterocycles. The van der Waals surface area contributed by atoms with E-state index in [-0.39, 0.29) is 0 Å². The van der Waals surface area contributed by atoms with Gasteiger partial charge >= 0.3 is 0 Å². The normalized spacial score (nSPS) is 21.8. The molecule has 0 radical (unpaired) electrons. The van der Waals surface area contributed by atoms with Crippen LogP contribution >= 0.6 is 0 Å². The first-order valence-corrected chi connectivity index (χ1v) is 3.70. The number of hydrogen-bond donors (Lipinski definition) is 0. The molecule has 0 N–H and O–H groups in total. The molecule has 2 rings (SSSR count). The predicted molar refractivity (Wildman–Crippen MR) is 42.0 cm³/mol. The van der Waals surface area contributed by atoms with Crippen molar-refractivity contribution in [1.82, 2.24) is 15.0 Å². The fourth-order valence-corrected chi connectivity index (χ4v) is 1.22. The van der Waals surface area contributed by atoms with Gasteiger partial charge in [-0.05, 0) is 5.92 Å². The molecule has 0 saturated carbocycles. The number of aryl methyl sites for hydroxylation is 1. The van der Waals surface area contributed by atoms with Gasteiger partial charge in [-0.25, -0.2) is 4.99 Å². The molecule has 1 atom stereocenters. The van der Waals surface area contributed by atoms with Crippen LogP contribution in [-0.4, -0.2) is 21.2 Å². The topological polar surface area (TPSA) is 43.1 Å². The van der Waals surface area contributed by atoms with Crippen LogP contribution in [-0.2, 0) is 13.5 Å². The Hall–Kier alpha value is -1.19. The maximum Gasteiger partial charge on any atom is 0.197 e. The summed E-state index contributed by atoms with van der Waals surface area (Å²) in [6.45, 7) is 2.13. The number of nitrogens with zero attached hydrogens (tertiary/aromatic N) is 4. The van der Waals surface area contributed by atoms with Crippen molar-refractivity contribution in [3.05, 3.63) is 5.69 Å². The zero-order chi connectivity index (χ0) is 7.84. The SMILES string of the molecule is CC1C=Nc2nn(C)nc2C1. The van der Waals surface area contributed by atoms with Gasteiger partial charge in [0.15, 0.2) is 5.82 Å². The highest BCUT2D eigenvalue weighted by atomic mass is 15.5. The first-order valence-electron chi connectivity index (χ1n) is 3.70. The molecule has 1 aromatic rings. The summed E-state index contributed by atoms with van der Waals surface area (Å²) in [5.41, 5.74) is 1.02. The van der Waals surface area contributed by atoms with E-state index in [0.717, 1.165) is 17.9 Å². The van der Waals surface area contributed by atoms with E-state index in [4.69, 9.17) is 0 Å². The molecular formula is C7H10N4. The molecule has 4 nitrogen and oxygen atoms in total. The van der Waals surface area contributed by atoms with Crippen molar-refractivity contribution in [3.8, 4) is 0 Å². The van der Waals surface area contributed by atoms with Gasteiger partial charge < -0.3 is 0 Å². The third-order valence-corrected chi connectivity index (χ3v) is 1.73. The molecule has 0 amide bonds. The number of rotatable bonds is 0. The number of fused-ring (bicyclic) bond motifs is 1. The third kappa shape index (κ3) is 1.04. The summed E-state index contributed by atoms with van der Waals surface area (Å²) in [7, 11) is 1.82. The maximum absolute atomic E-state index is 4.19. The highest BCUT2D eigenvalue weighted by Crippen LogP contribution is 2.20. The lowest BCUT2D eigenvalue weighted by atomic mass is 10.1. The van der Waals surface area contributed by atoms with Gasteiger partial charge in [-0.15, -0.1) is 5.10 Å². The van der Waals surface area contributed by atoms with E-state index in [1.165, 1.54) is 0 Å². The van der Waals surface area contributed by atoms with Crippen molar-refractivity contribution in [1.29, 1.82) is 0 Å². The molecule has 0 spiro atoms. The summed E-state index contributed by atoms with van der Waals surface area (Å²) in [6.07, 6.45) is 2.89. The average Bonchev–Trinajstić information content (AvgIpc) is 2.27. The maximum atomic E-state index is 4.19. The second kappa shape index (κ2) is 2.15. The van der Waals surface area contributed by atoms with E-state index in [9.17, 15) is 0 Å². The van der Waals surface area contributed by atoms with E-state index in [2.05, 4.69) is 22.1 Å². The molecule has 58 valence electrons. The van der Waals surface area contributed by atoms with E-state index in [0.29, 0.717) is 5.92 Å². The first-order chi connectivity index (χ1) is 5.25. The molecule has 0 aromatic carbocycles. The van der Waals surface area contributed by atoms with Crippen molar-refractivity contribution in [3.63, 3.8) is 0 Å². The van der Waals surface area contributed by atoms with Gasteiger partial charge in [0.1, 0.15) is 5.69 Å². The smallest absolute Gasteiger partial charge is 0.197 e. The highest BCUT2D eigenvalue weighted by molar-refractivity contribution is 5.68. The van der Waals surface area contributed by atoms with E-state index >= 15 is 0 Å². The third-order valence-electron chi connectivity index (χ3n) is 1.73. The van der Waals surface area contributed by atoms with Crippen molar-refractivity contribution in [2.75, 3.05) is 0 Å². The Balaban J connectivity index is 2.44. The minimum Gasteiger partial charge on any atom is -0.238 e. The predicted octanol–water partition coefficient (Wildman–Crippen LogP) is 0.710. The lowest BCUT2D eigenvalue weighted by Crippen LogP contribution is -2.05. The van der Waals surface area contributed by atoms with Gasteiger partial charge in [0.2, 0.25) is 0 Å². The van der Waals surface area contributed by atoms with E-state index in [1.54, 1.807) is 4.80 Å². The molecule has 1 unspecified atom stereocenters. The zero-order valence-electron chi connectivity index (χ0n) is 6.65. The number of hydrogen-bond acceptors (Lipinski definition) is 3. The van der Waals surface area contributed by atoms with Crippen LogP contribution in [0, 0.1) is 5.92 Å². The Morgan fingerprint density at radius 3 is 3.18 bits per heavy atom. The second-order valence-corrected chi connectivity index (χ2v) is 2.92. The summed E-state index contributed by atoms with van der Waals surface area (Å²) in [5.74, 6) is 1.28. The Kier molecular flexibility index (Phi) is 1.27. The lowest BCUT2D eigenvalue weighted by Gasteiger charge is -2.06. The minimum absolute atomic E-state index is 0.499. The van der Waals surface area contributed by atoms with Crippen LogP contribution in [0.2, 0.25) is 0 Å². The van der Waals surface area contributed by atoms with Crippen LogP contribution in [0.25, 0.3) is 0 Å². The Morgan fingerprint density at radius 2 is 2.36 bits per heavy atom. The summed E-state index contributed by atoms with van der Waals surface area (Å²) in [5, 5.41) is 8.29. The van der Waals surface area contributed by atoms with Crippen LogP contribution in [0.3, 0.4) is 0 Å². The van der Waals surface area contributed by atoms with Crippen LogP contribution in [0.15, 0.2) is 4.99 Å². The van der Waals surface area contributed by atoms with Gasteiger partial charge in [0, 0.05) is 19.7 Å². The van der Waals surface area contributed by atoms with Gasteiger partial charge in [-0.3, -0.25) is 0 Å². The standard InChI is InChI=1S/C7H10N4/c1-5-3-6-7(8-4-5)10-11(2)9-6/h4-5H,3H2,1-2H3. The summed E-state index contributed by atoms with van der Waals surface area (Å²) in [6, 6.07) is 0. The summed E-state index contributed by atoms with van der Waals surface area (Å²) >= 11 is 0. The van der Waals surface area contributed by atoms with Crippen molar-refractivity contribution in [2.24, 2.45) is 18.0 Å². The second-order valence-electron chi connectivity index (χ2n) is 2.92. The van der Waals surface area contributed by atoms with Gasteiger partial charge in [-0.2, -0.15) is 9.90 Å². The molecule has 1 aliphatic rings. The average molecular weight is 150 g/mol. The highest BCUT2D eigenvalue weighted by Gasteiger charge is 2.15. The van der Waals surface area contributed by atoms with E-state index < -0.39 is 0 Å². The van der Waals surface area contributed by atoms with Crippen LogP contribution < -0.4 is 0 Å². The molecule has 0 bridgehead atoms. The molecule has 1 aromatic heterocycles. The Labute approximate surface area is 64.9 Å². The van der Waals surface area contributed by atoms with Gasteiger partial charge in [0.05, 0.1) is 0 Å². The summed E-state index contributed by atoms with van der Waals surface area (Å²) < 4.78 is 0. The van der Waals surface area contributed by atoms with Crippen molar-refractivity contribution < 1.29 is 0 Å².